The number of ether oxygens (including phenoxy) is 1. The van der Waals surface area contributed by atoms with E-state index in [2.05, 4.69) is 19.2 Å². The number of halogens is 1. The molecule has 1 N–H and O–H groups in total. The van der Waals surface area contributed by atoms with E-state index in [9.17, 15) is 4.39 Å². The van der Waals surface area contributed by atoms with E-state index in [1.807, 2.05) is 12.1 Å². The summed E-state index contributed by atoms with van der Waals surface area (Å²) in [6.45, 7) is 4.78. The van der Waals surface area contributed by atoms with Crippen molar-refractivity contribution < 1.29 is 9.13 Å². The molecule has 0 heterocycles. The minimum atomic E-state index is -0.129. The van der Waals surface area contributed by atoms with Gasteiger partial charge < -0.3 is 10.1 Å². The van der Waals surface area contributed by atoms with Crippen LogP contribution in [0.5, 0.6) is 0 Å². The van der Waals surface area contributed by atoms with Crippen molar-refractivity contribution in [3.63, 3.8) is 0 Å². The molecule has 3 heteroatoms. The van der Waals surface area contributed by atoms with E-state index >= 15 is 0 Å². The molecule has 16 heavy (non-hydrogen) atoms. The van der Waals surface area contributed by atoms with Crippen molar-refractivity contribution in [1.29, 1.82) is 0 Å². The second kappa shape index (κ2) is 6.61. The molecule has 0 aliphatic rings. The summed E-state index contributed by atoms with van der Waals surface area (Å²) in [6, 6.07) is 7.43. The van der Waals surface area contributed by atoms with Crippen LogP contribution in [-0.4, -0.2) is 25.8 Å². The number of rotatable bonds is 6. The fraction of sp³-hybridized carbons (Fsp3) is 0.538. The molecule has 1 rings (SSSR count). The Morgan fingerprint density at radius 1 is 1.25 bits per heavy atom. The lowest BCUT2D eigenvalue weighted by atomic mass is 10.1. The van der Waals surface area contributed by atoms with E-state index in [0.717, 1.165) is 5.56 Å². The first-order valence-electron chi connectivity index (χ1n) is 5.62. The Morgan fingerprint density at radius 3 is 2.56 bits per heavy atom. The summed E-state index contributed by atoms with van der Waals surface area (Å²) >= 11 is 0. The van der Waals surface area contributed by atoms with Gasteiger partial charge in [0.25, 0.3) is 0 Å². The van der Waals surface area contributed by atoms with Crippen LogP contribution in [0.1, 0.15) is 19.4 Å². The molecule has 0 aromatic heterocycles. The van der Waals surface area contributed by atoms with Gasteiger partial charge in [0.15, 0.2) is 0 Å². The maximum absolute atomic E-state index is 13.4. The molecule has 2 nitrogen and oxygen atoms in total. The van der Waals surface area contributed by atoms with Gasteiger partial charge in [-0.25, -0.2) is 4.39 Å². The Morgan fingerprint density at radius 2 is 1.94 bits per heavy atom. The predicted octanol–water partition coefficient (Wildman–Crippen LogP) is 2.38. The molecule has 0 saturated heterocycles. The van der Waals surface area contributed by atoms with Crippen molar-refractivity contribution >= 4 is 0 Å². The average Bonchev–Trinajstić information content (AvgIpc) is 2.21. The molecule has 0 aliphatic heterocycles. The summed E-state index contributed by atoms with van der Waals surface area (Å²) in [6.07, 6.45) is 0.695. The number of benzene rings is 1. The van der Waals surface area contributed by atoms with Crippen LogP contribution in [0.15, 0.2) is 24.3 Å². The molecule has 1 aromatic carbocycles. The molecule has 0 saturated carbocycles. The van der Waals surface area contributed by atoms with Gasteiger partial charge in [0.05, 0.1) is 6.61 Å². The zero-order valence-electron chi connectivity index (χ0n) is 10.2. The maximum Gasteiger partial charge on any atom is 0.126 e. The minimum absolute atomic E-state index is 0.129. The number of hydrogen-bond donors (Lipinski definition) is 1. The zero-order chi connectivity index (χ0) is 12.0. The first-order chi connectivity index (χ1) is 7.63. The maximum atomic E-state index is 13.4. The van der Waals surface area contributed by atoms with Crippen LogP contribution in [0.3, 0.4) is 0 Å². The van der Waals surface area contributed by atoms with Crippen molar-refractivity contribution in [2.75, 3.05) is 13.7 Å². The van der Waals surface area contributed by atoms with Crippen LogP contribution in [0, 0.1) is 5.82 Å². The molecular weight excluding hydrogens is 205 g/mol. The average molecular weight is 225 g/mol. The largest absolute Gasteiger partial charge is 0.383 e. The third kappa shape index (κ3) is 4.29. The molecule has 0 unspecified atom stereocenters. The fourth-order valence-electron chi connectivity index (χ4n) is 1.84. The van der Waals surface area contributed by atoms with Gasteiger partial charge >= 0.3 is 0 Å². The van der Waals surface area contributed by atoms with Gasteiger partial charge in [-0.3, -0.25) is 0 Å². The number of nitrogens with one attached hydrogen (secondary N) is 1. The molecule has 2 atom stereocenters. The topological polar surface area (TPSA) is 21.3 Å². The lowest BCUT2D eigenvalue weighted by Gasteiger charge is -2.19. The van der Waals surface area contributed by atoms with E-state index < -0.39 is 0 Å². The summed E-state index contributed by atoms with van der Waals surface area (Å²) in [7, 11) is 1.68. The third-order valence-electron chi connectivity index (χ3n) is 2.47. The van der Waals surface area contributed by atoms with Crippen molar-refractivity contribution in [2.24, 2.45) is 0 Å². The lowest BCUT2D eigenvalue weighted by Crippen LogP contribution is -2.38. The Hall–Kier alpha value is -0.930. The molecule has 0 fully saturated rings. The summed E-state index contributed by atoms with van der Waals surface area (Å²) in [4.78, 5) is 0. The van der Waals surface area contributed by atoms with Crippen LogP contribution in [0.25, 0.3) is 0 Å². The molecule has 0 bridgehead atoms. The summed E-state index contributed by atoms with van der Waals surface area (Å²) in [5.74, 6) is -0.129. The Bertz CT molecular complexity index is 317. The first-order valence-corrected chi connectivity index (χ1v) is 5.62. The quantitative estimate of drug-likeness (QED) is 0.802. The molecule has 1 aromatic rings. The molecular formula is C13H20FNO. The van der Waals surface area contributed by atoms with Gasteiger partial charge in [0.1, 0.15) is 5.82 Å². The molecule has 0 aliphatic carbocycles. The van der Waals surface area contributed by atoms with Crippen LogP contribution in [0.4, 0.5) is 4.39 Å². The highest BCUT2D eigenvalue weighted by Gasteiger charge is 2.09. The summed E-state index contributed by atoms with van der Waals surface area (Å²) in [5, 5.41) is 3.36. The van der Waals surface area contributed by atoms with Gasteiger partial charge in [-0.05, 0) is 31.9 Å². The van der Waals surface area contributed by atoms with Gasteiger partial charge in [-0.1, -0.05) is 18.2 Å². The predicted molar refractivity (Wildman–Crippen MR) is 64.0 cm³/mol. The molecule has 0 amide bonds. The van der Waals surface area contributed by atoms with E-state index in [0.29, 0.717) is 13.0 Å². The SMILES string of the molecule is COC[C@H](C)N[C@H](C)Cc1ccccc1F. The van der Waals surface area contributed by atoms with Gasteiger partial charge in [-0.2, -0.15) is 0 Å². The monoisotopic (exact) mass is 225 g/mol. The highest BCUT2D eigenvalue weighted by atomic mass is 19.1. The van der Waals surface area contributed by atoms with E-state index in [-0.39, 0.29) is 17.9 Å². The Kier molecular flexibility index (Phi) is 5.43. The van der Waals surface area contributed by atoms with Crippen LogP contribution in [-0.2, 0) is 11.2 Å². The van der Waals surface area contributed by atoms with Gasteiger partial charge in [0.2, 0.25) is 0 Å². The molecule has 0 radical (unpaired) electrons. The lowest BCUT2D eigenvalue weighted by molar-refractivity contribution is 0.167. The smallest absolute Gasteiger partial charge is 0.126 e. The Balaban J connectivity index is 2.45. The van der Waals surface area contributed by atoms with Crippen molar-refractivity contribution in [3.8, 4) is 0 Å². The van der Waals surface area contributed by atoms with Crippen LogP contribution < -0.4 is 5.32 Å². The van der Waals surface area contributed by atoms with E-state index in [4.69, 9.17) is 4.74 Å². The second-order valence-electron chi connectivity index (χ2n) is 4.22. The summed E-state index contributed by atoms with van der Waals surface area (Å²) < 4.78 is 18.4. The van der Waals surface area contributed by atoms with Crippen molar-refractivity contribution in [3.05, 3.63) is 35.6 Å². The van der Waals surface area contributed by atoms with Crippen LogP contribution >= 0.6 is 0 Å². The number of methoxy groups -OCH3 is 1. The molecule has 0 spiro atoms. The first kappa shape index (κ1) is 13.1. The third-order valence-corrected chi connectivity index (χ3v) is 2.47. The van der Waals surface area contributed by atoms with Gasteiger partial charge in [0, 0.05) is 19.2 Å². The highest BCUT2D eigenvalue weighted by molar-refractivity contribution is 5.18. The Labute approximate surface area is 96.8 Å². The van der Waals surface area contributed by atoms with Crippen LogP contribution in [0.2, 0.25) is 0 Å². The highest BCUT2D eigenvalue weighted by Crippen LogP contribution is 2.09. The second-order valence-corrected chi connectivity index (χ2v) is 4.22. The minimum Gasteiger partial charge on any atom is -0.383 e. The normalized spacial score (nSPS) is 14.8. The fourth-order valence-corrected chi connectivity index (χ4v) is 1.84. The van der Waals surface area contributed by atoms with E-state index in [1.54, 1.807) is 13.2 Å². The molecule has 90 valence electrons. The van der Waals surface area contributed by atoms with Crippen molar-refractivity contribution in [1.82, 2.24) is 5.32 Å². The van der Waals surface area contributed by atoms with Crippen molar-refractivity contribution in [2.45, 2.75) is 32.4 Å². The van der Waals surface area contributed by atoms with Gasteiger partial charge in [-0.15, -0.1) is 0 Å². The zero-order valence-corrected chi connectivity index (χ0v) is 10.2. The standard InChI is InChI=1S/C13H20FNO/c1-10(15-11(2)9-16-3)8-12-6-4-5-7-13(12)14/h4-7,10-11,15H,8-9H2,1-3H3/t10-,11+/m1/s1. The van der Waals surface area contributed by atoms with E-state index in [1.165, 1.54) is 6.07 Å². The summed E-state index contributed by atoms with van der Waals surface area (Å²) in [5.41, 5.74) is 0.757. The number of hydrogen-bond acceptors (Lipinski definition) is 2.